The Morgan fingerprint density at radius 2 is 0.865 bits per heavy atom. The Labute approximate surface area is 250 Å². The van der Waals surface area contributed by atoms with Gasteiger partial charge >= 0.3 is 40.0 Å². The number of hydrogen-bond acceptors (Lipinski definition) is 8. The Hall–Kier alpha value is 0.740. The van der Waals surface area contributed by atoms with Crippen LogP contribution in [0.2, 0.25) is 0 Å². The predicted octanol–water partition coefficient (Wildman–Crippen LogP) is 5.04. The average molecular weight is 581 g/mol. The van der Waals surface area contributed by atoms with Crippen molar-refractivity contribution in [1.29, 1.82) is 0 Å². The summed E-state index contributed by atoms with van der Waals surface area (Å²) in [5.41, 5.74) is -0.913. The topological polar surface area (TPSA) is 119 Å². The van der Waals surface area contributed by atoms with Crippen LogP contribution in [0.1, 0.15) is 162 Å². The molecule has 0 rings (SSSR count). The minimum Gasteiger partial charge on any atom is -0.725 e. The second-order valence-corrected chi connectivity index (χ2v) is 12.7. The third-order valence-electron chi connectivity index (χ3n) is 6.60. The van der Waals surface area contributed by atoms with Gasteiger partial charge in [0.25, 0.3) is 0 Å². The monoisotopic (exact) mass is 580 g/mol. The zero-order valence-electron chi connectivity index (χ0n) is 24.1. The van der Waals surface area contributed by atoms with Gasteiger partial charge < -0.3 is 4.55 Å². The number of rotatable bonds is 27. The van der Waals surface area contributed by atoms with Crippen LogP contribution in [0, 0.1) is 0 Å². The van der Waals surface area contributed by atoms with Gasteiger partial charge in [0, 0.05) is 0 Å². The zero-order chi connectivity index (χ0) is 27.2. The van der Waals surface area contributed by atoms with Gasteiger partial charge in [-0.15, -0.1) is 3.63 Å². The molecule has 0 unspecified atom stereocenters. The minimum absolute atomic E-state index is 0. The predicted molar refractivity (Wildman–Crippen MR) is 143 cm³/mol. The van der Waals surface area contributed by atoms with Gasteiger partial charge in [-0.05, 0) is 19.8 Å². The summed E-state index contributed by atoms with van der Waals surface area (Å²) in [4.78, 5) is 5.19. The van der Waals surface area contributed by atoms with Gasteiger partial charge in [0.15, 0.2) is 0 Å². The second-order valence-electron chi connectivity index (χ2n) is 10.3. The third kappa shape index (κ3) is 28.1. The van der Waals surface area contributed by atoms with Crippen molar-refractivity contribution in [3.8, 4) is 0 Å². The molecular formula is C26H53NaO8S2. The van der Waals surface area contributed by atoms with E-state index in [1.54, 1.807) is 6.92 Å². The van der Waals surface area contributed by atoms with Gasteiger partial charge in [-0.1, -0.05) is 147 Å². The van der Waals surface area contributed by atoms with E-state index in [0.717, 1.165) is 38.5 Å². The Balaban J connectivity index is 0. The smallest absolute Gasteiger partial charge is 0.725 e. The Morgan fingerprint density at radius 3 is 1.16 bits per heavy atom. The summed E-state index contributed by atoms with van der Waals surface area (Å²) in [6.07, 6.45) is 24.8. The van der Waals surface area contributed by atoms with Crippen molar-refractivity contribution in [2.24, 2.45) is 0 Å². The molecule has 0 fully saturated rings. The Bertz CT molecular complexity index is 690. The molecule has 37 heavy (non-hydrogen) atoms. The molecule has 0 saturated heterocycles. The zero-order valence-corrected chi connectivity index (χ0v) is 27.8. The normalized spacial score (nSPS) is 12.5. The SMILES string of the molecule is CCCCCCCCCCCCC(C)(CCCCCCCCCCCC)OOS(=O)(=O)OS(=O)(=O)[O-].[Na+]. The van der Waals surface area contributed by atoms with E-state index in [1.165, 1.54) is 89.9 Å². The Kier molecular flexibility index (Phi) is 26.4. The molecule has 0 aliphatic rings. The van der Waals surface area contributed by atoms with Crippen molar-refractivity contribution >= 4 is 20.8 Å². The molecule has 0 bridgehead atoms. The molecule has 0 aromatic rings. The van der Waals surface area contributed by atoms with Crippen LogP contribution in [-0.4, -0.2) is 27.0 Å². The first kappa shape index (κ1) is 39.9. The summed E-state index contributed by atoms with van der Waals surface area (Å²) in [7, 11) is -10.6. The molecule has 0 aliphatic heterocycles. The Morgan fingerprint density at radius 1 is 0.568 bits per heavy atom. The molecule has 0 aliphatic carbocycles. The first-order valence-electron chi connectivity index (χ1n) is 14.3. The summed E-state index contributed by atoms with van der Waals surface area (Å²) in [5.74, 6) is 0. The van der Waals surface area contributed by atoms with E-state index in [2.05, 4.69) is 21.8 Å². The third-order valence-corrected chi connectivity index (χ3v) is 8.17. The van der Waals surface area contributed by atoms with Crippen LogP contribution in [0.15, 0.2) is 0 Å². The van der Waals surface area contributed by atoms with E-state index < -0.39 is 26.4 Å². The summed E-state index contributed by atoms with van der Waals surface area (Å²) in [6.45, 7) is 6.19. The van der Waals surface area contributed by atoms with Crippen LogP contribution < -0.4 is 29.6 Å². The molecular weight excluding hydrogens is 527 g/mol. The van der Waals surface area contributed by atoms with E-state index in [9.17, 15) is 21.4 Å². The summed E-state index contributed by atoms with van der Waals surface area (Å²) in [5, 5.41) is 0. The minimum atomic E-state index is -5.47. The standard InChI is InChI=1S/C26H54O8S2.Na/c1-4-6-8-10-12-14-16-18-20-22-24-26(3,32-33-36(30,31)34-35(27,28)29)25-23-21-19-17-15-13-11-9-7-5-2;/h4-25H2,1-3H3,(H,27,28,29);/q;+1/p-1. The molecule has 0 heterocycles. The van der Waals surface area contributed by atoms with Crippen LogP contribution in [0.4, 0.5) is 0 Å². The van der Waals surface area contributed by atoms with Gasteiger partial charge in [-0.2, -0.15) is 8.42 Å². The molecule has 11 heteroatoms. The van der Waals surface area contributed by atoms with Gasteiger partial charge in [-0.25, -0.2) is 13.3 Å². The number of hydrogen-bond donors (Lipinski definition) is 0. The van der Waals surface area contributed by atoms with Crippen molar-refractivity contribution in [2.45, 2.75) is 168 Å². The van der Waals surface area contributed by atoms with Crippen LogP contribution in [0.25, 0.3) is 0 Å². The van der Waals surface area contributed by atoms with E-state index in [0.29, 0.717) is 12.8 Å². The molecule has 0 N–H and O–H groups in total. The van der Waals surface area contributed by atoms with Crippen LogP contribution in [0.5, 0.6) is 0 Å². The fourth-order valence-electron chi connectivity index (χ4n) is 4.42. The fourth-order valence-corrected chi connectivity index (χ4v) is 5.57. The molecule has 0 amide bonds. The van der Waals surface area contributed by atoms with Crippen molar-refractivity contribution in [3.63, 3.8) is 0 Å². The maximum absolute atomic E-state index is 11.6. The maximum Gasteiger partial charge on any atom is 1.00 e. The van der Waals surface area contributed by atoms with Crippen LogP contribution in [0.3, 0.4) is 0 Å². The molecule has 0 spiro atoms. The summed E-state index contributed by atoms with van der Waals surface area (Å²) < 4.78 is 62.9. The van der Waals surface area contributed by atoms with Gasteiger partial charge in [0.05, 0.1) is 0 Å². The van der Waals surface area contributed by atoms with E-state index in [1.807, 2.05) is 0 Å². The van der Waals surface area contributed by atoms with Crippen molar-refractivity contribution in [1.82, 2.24) is 0 Å². The number of unbranched alkanes of at least 4 members (excludes halogenated alkanes) is 18. The molecule has 0 radical (unpaired) electrons. The molecule has 0 atom stereocenters. The van der Waals surface area contributed by atoms with E-state index in [4.69, 9.17) is 4.89 Å². The first-order valence-corrected chi connectivity index (χ1v) is 17.0. The van der Waals surface area contributed by atoms with E-state index >= 15 is 0 Å². The van der Waals surface area contributed by atoms with Crippen molar-refractivity contribution < 1.29 is 63.8 Å². The van der Waals surface area contributed by atoms with Gasteiger partial charge in [0.1, 0.15) is 5.60 Å². The second kappa shape index (κ2) is 24.5. The maximum atomic E-state index is 11.6. The average Bonchev–Trinajstić information content (AvgIpc) is 2.79. The molecule has 0 saturated carbocycles. The molecule has 0 aromatic carbocycles. The summed E-state index contributed by atoms with van der Waals surface area (Å²) >= 11 is 0. The van der Waals surface area contributed by atoms with Crippen molar-refractivity contribution in [2.75, 3.05) is 0 Å². The first-order chi connectivity index (χ1) is 17.0. The molecule has 0 aromatic heterocycles. The summed E-state index contributed by atoms with van der Waals surface area (Å²) in [6, 6.07) is 0. The largest absolute Gasteiger partial charge is 1.00 e. The molecule has 218 valence electrons. The molecule has 8 nitrogen and oxygen atoms in total. The van der Waals surface area contributed by atoms with Crippen molar-refractivity contribution in [3.05, 3.63) is 0 Å². The van der Waals surface area contributed by atoms with Crippen LogP contribution in [-0.2, 0) is 33.6 Å². The van der Waals surface area contributed by atoms with Gasteiger partial charge in [0.2, 0.25) is 10.4 Å². The van der Waals surface area contributed by atoms with Crippen LogP contribution >= 0.6 is 0 Å². The quantitative estimate of drug-likeness (QED) is 0.0331. The fraction of sp³-hybridized carbons (Fsp3) is 1.00. The van der Waals surface area contributed by atoms with E-state index in [-0.39, 0.29) is 29.6 Å². The van der Waals surface area contributed by atoms with Gasteiger partial charge in [-0.3, -0.25) is 0 Å².